The molecule has 0 bridgehead atoms. The molecule has 1 heterocycles. The summed E-state index contributed by atoms with van der Waals surface area (Å²) in [5.41, 5.74) is 1.88. The summed E-state index contributed by atoms with van der Waals surface area (Å²) in [7, 11) is 4.86. The second-order valence-electron chi connectivity index (χ2n) is 7.29. The zero-order chi connectivity index (χ0) is 24.4. The molecule has 0 unspecified atom stereocenters. The Morgan fingerprint density at radius 2 is 1.33 bits per heavy atom. The third-order valence-corrected chi connectivity index (χ3v) is 5.13. The van der Waals surface area contributed by atoms with E-state index >= 15 is 0 Å². The molecule has 33 heavy (non-hydrogen) atoms. The van der Waals surface area contributed by atoms with Gasteiger partial charge in [0.15, 0.2) is 11.5 Å². The Hall–Kier alpha value is -3.37. The number of nitrogens with zero attached hydrogens (tertiary/aromatic N) is 2. The number of halogens is 1. The maximum absolute atomic E-state index is 13.8. The first kappa shape index (κ1) is 25.9. The van der Waals surface area contributed by atoms with E-state index < -0.39 is 11.9 Å². The Kier molecular flexibility index (Phi) is 9.89. The van der Waals surface area contributed by atoms with Crippen LogP contribution >= 0.6 is 0 Å². The van der Waals surface area contributed by atoms with Crippen molar-refractivity contribution < 1.29 is 38.4 Å². The SMILES string of the molecule is COc1cc(CN2CCN(Cc3ccccc3F)CC2)cc(OC)c1OC.O=C(O)C(=O)O. The van der Waals surface area contributed by atoms with Crippen molar-refractivity contribution in [3.63, 3.8) is 0 Å². The van der Waals surface area contributed by atoms with Crippen molar-refractivity contribution in [3.8, 4) is 17.2 Å². The van der Waals surface area contributed by atoms with Gasteiger partial charge >= 0.3 is 11.9 Å². The summed E-state index contributed by atoms with van der Waals surface area (Å²) >= 11 is 0. The maximum Gasteiger partial charge on any atom is 0.414 e. The predicted molar refractivity (Wildman–Crippen MR) is 118 cm³/mol. The van der Waals surface area contributed by atoms with E-state index in [9.17, 15) is 4.39 Å². The highest BCUT2D eigenvalue weighted by atomic mass is 19.1. The molecule has 0 saturated carbocycles. The molecule has 1 saturated heterocycles. The molecule has 2 aromatic rings. The largest absolute Gasteiger partial charge is 0.493 e. The molecule has 10 heteroatoms. The Morgan fingerprint density at radius 3 is 1.76 bits per heavy atom. The normalized spacial score (nSPS) is 14.1. The van der Waals surface area contributed by atoms with Gasteiger partial charge < -0.3 is 24.4 Å². The predicted octanol–water partition coefficient (Wildman–Crippen LogP) is 2.32. The van der Waals surface area contributed by atoms with E-state index in [4.69, 9.17) is 34.0 Å². The van der Waals surface area contributed by atoms with Gasteiger partial charge in [-0.2, -0.15) is 0 Å². The number of rotatable bonds is 7. The third kappa shape index (κ3) is 7.62. The van der Waals surface area contributed by atoms with Crippen molar-refractivity contribution in [1.29, 1.82) is 0 Å². The molecule has 0 radical (unpaired) electrons. The van der Waals surface area contributed by atoms with Gasteiger partial charge in [0.25, 0.3) is 0 Å². The highest BCUT2D eigenvalue weighted by Gasteiger charge is 2.20. The number of ether oxygens (including phenoxy) is 3. The standard InChI is InChI=1S/C21H27FN2O3.C2H2O4/c1-25-19-12-16(13-20(26-2)21(19)27-3)14-23-8-10-24(11-9-23)15-17-6-4-5-7-18(17)22;3-1(4)2(5)6/h4-7,12-13H,8-11,14-15H2,1-3H3;(H,3,4)(H,5,6). The molecular weight excluding hydrogens is 435 g/mol. The van der Waals surface area contributed by atoms with Gasteiger partial charge in [-0.25, -0.2) is 14.0 Å². The molecule has 180 valence electrons. The summed E-state index contributed by atoms with van der Waals surface area (Å²) < 4.78 is 30.1. The Labute approximate surface area is 191 Å². The van der Waals surface area contributed by atoms with Crippen LogP contribution in [0.5, 0.6) is 17.2 Å². The molecule has 1 aliphatic heterocycles. The van der Waals surface area contributed by atoms with E-state index in [1.54, 1.807) is 27.4 Å². The van der Waals surface area contributed by atoms with E-state index in [1.807, 2.05) is 24.3 Å². The molecule has 0 amide bonds. The minimum absolute atomic E-state index is 0.127. The highest BCUT2D eigenvalue weighted by Crippen LogP contribution is 2.38. The quantitative estimate of drug-likeness (QED) is 0.597. The molecule has 0 spiro atoms. The lowest BCUT2D eigenvalue weighted by atomic mass is 10.1. The topological polar surface area (TPSA) is 109 Å². The molecule has 0 aromatic heterocycles. The van der Waals surface area contributed by atoms with E-state index in [1.165, 1.54) is 6.07 Å². The number of carboxylic acids is 2. The fraction of sp³-hybridized carbons (Fsp3) is 0.391. The zero-order valence-corrected chi connectivity index (χ0v) is 18.9. The first-order valence-electron chi connectivity index (χ1n) is 10.2. The summed E-state index contributed by atoms with van der Waals surface area (Å²) in [6.07, 6.45) is 0. The van der Waals surface area contributed by atoms with Crippen LogP contribution in [0.25, 0.3) is 0 Å². The van der Waals surface area contributed by atoms with Crippen molar-refractivity contribution in [2.75, 3.05) is 47.5 Å². The Morgan fingerprint density at radius 1 is 0.848 bits per heavy atom. The van der Waals surface area contributed by atoms with Gasteiger partial charge in [0.2, 0.25) is 5.75 Å². The van der Waals surface area contributed by atoms with E-state index in [0.717, 1.165) is 43.9 Å². The average Bonchev–Trinajstić information content (AvgIpc) is 2.81. The summed E-state index contributed by atoms with van der Waals surface area (Å²) in [6.45, 7) is 5.17. The Balaban J connectivity index is 0.000000569. The van der Waals surface area contributed by atoms with Crippen LogP contribution in [-0.2, 0) is 22.7 Å². The lowest BCUT2D eigenvalue weighted by Crippen LogP contribution is -2.45. The monoisotopic (exact) mass is 464 g/mol. The minimum Gasteiger partial charge on any atom is -0.493 e. The number of carboxylic acid groups (broad SMARTS) is 2. The van der Waals surface area contributed by atoms with Crippen LogP contribution < -0.4 is 14.2 Å². The van der Waals surface area contributed by atoms with Gasteiger partial charge in [-0.15, -0.1) is 0 Å². The van der Waals surface area contributed by atoms with Gasteiger partial charge in [-0.05, 0) is 23.8 Å². The van der Waals surface area contributed by atoms with Crippen LogP contribution in [-0.4, -0.2) is 79.5 Å². The first-order valence-corrected chi connectivity index (χ1v) is 10.2. The second-order valence-corrected chi connectivity index (χ2v) is 7.29. The molecule has 1 fully saturated rings. The number of piperazine rings is 1. The molecule has 0 aliphatic carbocycles. The summed E-state index contributed by atoms with van der Waals surface area (Å²) in [5.74, 6) is -1.82. The smallest absolute Gasteiger partial charge is 0.414 e. The molecule has 9 nitrogen and oxygen atoms in total. The molecule has 3 rings (SSSR count). The van der Waals surface area contributed by atoms with Crippen LogP contribution in [0.1, 0.15) is 11.1 Å². The second kappa shape index (κ2) is 12.6. The number of methoxy groups -OCH3 is 3. The minimum atomic E-state index is -1.82. The van der Waals surface area contributed by atoms with Crippen LogP contribution in [0.3, 0.4) is 0 Å². The van der Waals surface area contributed by atoms with Gasteiger partial charge in [0.05, 0.1) is 21.3 Å². The number of hydrogen-bond donors (Lipinski definition) is 2. The number of carbonyl (C=O) groups is 2. The molecule has 2 N–H and O–H groups in total. The maximum atomic E-state index is 13.8. The number of hydrogen-bond acceptors (Lipinski definition) is 7. The van der Waals surface area contributed by atoms with Crippen molar-refractivity contribution in [2.24, 2.45) is 0 Å². The van der Waals surface area contributed by atoms with Crippen LogP contribution in [0.4, 0.5) is 4.39 Å². The summed E-state index contributed by atoms with van der Waals surface area (Å²) in [4.78, 5) is 22.9. The van der Waals surface area contributed by atoms with Crippen LogP contribution in [0.2, 0.25) is 0 Å². The van der Waals surface area contributed by atoms with Gasteiger partial charge in [-0.3, -0.25) is 9.80 Å². The van der Waals surface area contributed by atoms with Crippen LogP contribution in [0.15, 0.2) is 36.4 Å². The third-order valence-electron chi connectivity index (χ3n) is 5.13. The van der Waals surface area contributed by atoms with Gasteiger partial charge in [-0.1, -0.05) is 18.2 Å². The summed E-state index contributed by atoms with van der Waals surface area (Å²) in [6, 6.07) is 11.0. The number of benzene rings is 2. The summed E-state index contributed by atoms with van der Waals surface area (Å²) in [5, 5.41) is 14.8. The van der Waals surface area contributed by atoms with Crippen molar-refractivity contribution in [2.45, 2.75) is 13.1 Å². The van der Waals surface area contributed by atoms with Crippen molar-refractivity contribution in [1.82, 2.24) is 9.80 Å². The fourth-order valence-corrected chi connectivity index (χ4v) is 3.46. The lowest BCUT2D eigenvalue weighted by Gasteiger charge is -2.35. The van der Waals surface area contributed by atoms with Gasteiger partial charge in [0.1, 0.15) is 5.82 Å². The van der Waals surface area contributed by atoms with E-state index in [-0.39, 0.29) is 5.82 Å². The van der Waals surface area contributed by atoms with Crippen molar-refractivity contribution in [3.05, 3.63) is 53.3 Å². The lowest BCUT2D eigenvalue weighted by molar-refractivity contribution is -0.159. The Bertz CT molecular complexity index is 909. The highest BCUT2D eigenvalue weighted by molar-refractivity contribution is 6.27. The average molecular weight is 464 g/mol. The molecule has 2 aromatic carbocycles. The molecular formula is C23H29FN2O7. The van der Waals surface area contributed by atoms with Crippen LogP contribution in [0, 0.1) is 5.82 Å². The van der Waals surface area contributed by atoms with Gasteiger partial charge in [0, 0.05) is 44.8 Å². The fourth-order valence-electron chi connectivity index (χ4n) is 3.46. The molecule has 1 aliphatic rings. The molecule has 0 atom stereocenters. The zero-order valence-electron chi connectivity index (χ0n) is 18.9. The van der Waals surface area contributed by atoms with Crippen molar-refractivity contribution >= 4 is 11.9 Å². The number of aliphatic carboxylic acids is 2. The first-order chi connectivity index (χ1) is 15.8. The van der Waals surface area contributed by atoms with E-state index in [2.05, 4.69) is 9.80 Å². The van der Waals surface area contributed by atoms with E-state index in [0.29, 0.717) is 23.8 Å².